The highest BCUT2D eigenvalue weighted by Gasteiger charge is 2.44. The lowest BCUT2D eigenvalue weighted by molar-refractivity contribution is -0.172. The van der Waals surface area contributed by atoms with Crippen molar-refractivity contribution in [3.8, 4) is 0 Å². The molecule has 2 atom stereocenters. The van der Waals surface area contributed by atoms with E-state index in [9.17, 15) is 27.2 Å². The molecule has 0 bridgehead atoms. The summed E-state index contributed by atoms with van der Waals surface area (Å²) >= 11 is 5.85. The Balaban J connectivity index is 0.000000179. The number of carbonyl (C=O) groups excluding carboxylic acids is 1. The van der Waals surface area contributed by atoms with Gasteiger partial charge in [-0.05, 0) is 48.9 Å². The Labute approximate surface area is 179 Å². The summed E-state index contributed by atoms with van der Waals surface area (Å²) in [6.45, 7) is 0. The molecular weight excluding hydrogens is 438 g/mol. The quantitative estimate of drug-likeness (QED) is 0.536. The Hall–Kier alpha value is -2.94. The first-order valence-corrected chi connectivity index (χ1v) is 9.73. The van der Waals surface area contributed by atoms with Crippen LogP contribution in [0.5, 0.6) is 0 Å². The molecule has 1 saturated carbocycles. The fraction of sp³-hybridized carbons (Fsp3) is 0.286. The summed E-state index contributed by atoms with van der Waals surface area (Å²) < 4.78 is 50.4. The van der Waals surface area contributed by atoms with E-state index >= 15 is 0 Å². The predicted octanol–water partition coefficient (Wildman–Crippen LogP) is 4.95. The van der Waals surface area contributed by atoms with Gasteiger partial charge in [0.25, 0.3) is 5.91 Å². The Morgan fingerprint density at radius 3 is 2.55 bits per heavy atom. The van der Waals surface area contributed by atoms with E-state index in [1.807, 2.05) is 0 Å². The molecule has 3 aromatic rings. The molecule has 0 saturated heterocycles. The lowest BCUT2D eigenvalue weighted by Crippen LogP contribution is -2.19. The number of nitrogens with zero attached hydrogens (tertiary/aromatic N) is 1. The van der Waals surface area contributed by atoms with Crippen LogP contribution in [0, 0.1) is 11.7 Å². The van der Waals surface area contributed by atoms with Crippen LogP contribution in [-0.4, -0.2) is 22.1 Å². The first kappa shape index (κ1) is 22.7. The second-order valence-corrected chi connectivity index (χ2v) is 7.61. The molecule has 2 unspecified atom stereocenters. The maximum absolute atomic E-state index is 12.8. The van der Waals surface area contributed by atoms with Gasteiger partial charge in [0.05, 0.1) is 16.8 Å². The van der Waals surface area contributed by atoms with E-state index in [0.717, 1.165) is 6.07 Å². The maximum Gasteiger partial charge on any atom is 0.391 e. The standard InChI is InChI=1S/C12H11ClF4.C9H7N3O2/c13-11-6-9(14)3-4-10(11)7-1-2-8(5-7)12(15,16)17;10-9(14)8-7-5(1-3-12-8)11-4-2-6(7)13/h3-4,6-8H,1-2,5H2;1-4H,(H2,10,14)(H,11,13). The Bertz CT molecular complexity index is 1160. The average Bonchev–Trinajstić information content (AvgIpc) is 3.19. The minimum absolute atomic E-state index is 0.00403. The summed E-state index contributed by atoms with van der Waals surface area (Å²) in [5, 5.41) is 0.459. The number of aromatic nitrogens is 2. The largest absolute Gasteiger partial charge is 0.391 e. The van der Waals surface area contributed by atoms with E-state index in [-0.39, 0.29) is 40.3 Å². The van der Waals surface area contributed by atoms with Crippen molar-refractivity contribution >= 4 is 28.4 Å². The highest BCUT2D eigenvalue weighted by molar-refractivity contribution is 6.31. The molecule has 5 nitrogen and oxygen atoms in total. The zero-order chi connectivity index (χ0) is 22.8. The summed E-state index contributed by atoms with van der Waals surface area (Å²) in [6.07, 6.45) is -0.568. The highest BCUT2D eigenvalue weighted by Crippen LogP contribution is 2.47. The number of alkyl halides is 3. The molecule has 1 aliphatic rings. The summed E-state index contributed by atoms with van der Waals surface area (Å²) in [6, 6.07) is 6.82. The number of benzene rings is 1. The van der Waals surface area contributed by atoms with Crippen molar-refractivity contribution in [2.45, 2.75) is 31.4 Å². The van der Waals surface area contributed by atoms with E-state index in [4.69, 9.17) is 17.3 Å². The van der Waals surface area contributed by atoms with Crippen molar-refractivity contribution in [1.29, 1.82) is 0 Å². The zero-order valence-corrected chi connectivity index (χ0v) is 16.8. The Kier molecular flexibility index (Phi) is 6.64. The van der Waals surface area contributed by atoms with Crippen LogP contribution in [0.1, 0.15) is 41.2 Å². The average molecular weight is 456 g/mol. The van der Waals surface area contributed by atoms with Gasteiger partial charge in [-0.25, -0.2) is 4.39 Å². The van der Waals surface area contributed by atoms with E-state index in [0.29, 0.717) is 17.5 Å². The minimum atomic E-state index is -4.14. The molecule has 164 valence electrons. The minimum Gasteiger partial charge on any atom is -0.364 e. The van der Waals surface area contributed by atoms with Crippen LogP contribution in [0.3, 0.4) is 0 Å². The number of hydrogen-bond donors (Lipinski definition) is 2. The SMILES string of the molecule is Fc1ccc(C2CCC(C(F)(F)F)C2)c(Cl)c1.NC(=O)c1nccc2[nH]ccc(=O)c12. The molecule has 1 fully saturated rings. The van der Waals surface area contributed by atoms with Gasteiger partial charge in [0.1, 0.15) is 11.5 Å². The maximum atomic E-state index is 12.8. The fourth-order valence-electron chi connectivity index (χ4n) is 3.70. The fourth-order valence-corrected chi connectivity index (χ4v) is 4.02. The van der Waals surface area contributed by atoms with Gasteiger partial charge in [0.2, 0.25) is 0 Å². The van der Waals surface area contributed by atoms with E-state index in [1.165, 1.54) is 30.6 Å². The van der Waals surface area contributed by atoms with Crippen molar-refractivity contribution in [3.63, 3.8) is 0 Å². The van der Waals surface area contributed by atoms with Crippen molar-refractivity contribution in [3.05, 3.63) is 75.0 Å². The second-order valence-electron chi connectivity index (χ2n) is 7.20. The number of halogens is 5. The van der Waals surface area contributed by atoms with Crippen LogP contribution in [0.15, 0.2) is 47.5 Å². The second kappa shape index (κ2) is 9.05. The number of fused-ring (bicyclic) bond motifs is 1. The van der Waals surface area contributed by atoms with Gasteiger partial charge in [-0.1, -0.05) is 17.7 Å². The lowest BCUT2D eigenvalue weighted by Gasteiger charge is -2.15. The normalized spacial score (nSPS) is 18.5. The summed E-state index contributed by atoms with van der Waals surface area (Å²) in [5.74, 6) is -2.64. The number of nitrogens with two attached hydrogens (primary N) is 1. The molecule has 0 aliphatic heterocycles. The van der Waals surface area contributed by atoms with Gasteiger partial charge >= 0.3 is 6.18 Å². The number of pyridine rings is 2. The number of primary amides is 1. The van der Waals surface area contributed by atoms with Crippen molar-refractivity contribution < 1.29 is 22.4 Å². The number of aromatic amines is 1. The Morgan fingerprint density at radius 2 is 1.94 bits per heavy atom. The topological polar surface area (TPSA) is 88.8 Å². The summed E-state index contributed by atoms with van der Waals surface area (Å²) in [5.41, 5.74) is 6.02. The number of hydrogen-bond acceptors (Lipinski definition) is 3. The Morgan fingerprint density at radius 1 is 1.19 bits per heavy atom. The number of rotatable bonds is 2. The molecule has 4 rings (SSSR count). The molecule has 0 spiro atoms. The molecular formula is C21H18ClF4N3O2. The molecule has 1 amide bonds. The third-order valence-electron chi connectivity index (χ3n) is 5.20. The zero-order valence-electron chi connectivity index (χ0n) is 16.0. The summed E-state index contributed by atoms with van der Waals surface area (Å²) in [4.78, 5) is 29.0. The molecule has 1 aromatic carbocycles. The van der Waals surface area contributed by atoms with Gasteiger partial charge in [0.15, 0.2) is 5.43 Å². The monoisotopic (exact) mass is 455 g/mol. The molecule has 3 N–H and O–H groups in total. The number of H-pyrrole nitrogens is 1. The molecule has 0 radical (unpaired) electrons. The predicted molar refractivity (Wildman–Crippen MR) is 108 cm³/mol. The molecule has 10 heteroatoms. The van der Waals surface area contributed by atoms with Crippen LogP contribution in [0.2, 0.25) is 5.02 Å². The van der Waals surface area contributed by atoms with Gasteiger partial charge in [-0.3, -0.25) is 14.6 Å². The van der Waals surface area contributed by atoms with Crippen LogP contribution >= 0.6 is 11.6 Å². The van der Waals surface area contributed by atoms with E-state index in [2.05, 4.69) is 9.97 Å². The molecule has 1 aliphatic carbocycles. The van der Waals surface area contributed by atoms with Crippen molar-refractivity contribution in [2.75, 3.05) is 0 Å². The van der Waals surface area contributed by atoms with Crippen LogP contribution in [-0.2, 0) is 0 Å². The van der Waals surface area contributed by atoms with Gasteiger partial charge in [-0.15, -0.1) is 0 Å². The van der Waals surface area contributed by atoms with Crippen LogP contribution < -0.4 is 11.2 Å². The van der Waals surface area contributed by atoms with E-state index < -0.39 is 23.8 Å². The number of carbonyl (C=O) groups is 1. The number of nitrogens with one attached hydrogen (secondary N) is 1. The third-order valence-corrected chi connectivity index (χ3v) is 5.53. The molecule has 31 heavy (non-hydrogen) atoms. The highest BCUT2D eigenvalue weighted by atomic mass is 35.5. The smallest absolute Gasteiger partial charge is 0.364 e. The first-order chi connectivity index (χ1) is 14.6. The van der Waals surface area contributed by atoms with Gasteiger partial charge in [0, 0.05) is 23.5 Å². The molecule has 2 aromatic heterocycles. The van der Waals surface area contributed by atoms with Gasteiger partial charge in [-0.2, -0.15) is 13.2 Å². The number of amides is 1. The lowest BCUT2D eigenvalue weighted by atomic mass is 9.96. The first-order valence-electron chi connectivity index (χ1n) is 9.35. The van der Waals surface area contributed by atoms with Crippen molar-refractivity contribution in [2.24, 2.45) is 11.7 Å². The van der Waals surface area contributed by atoms with E-state index in [1.54, 1.807) is 6.07 Å². The molecule has 2 heterocycles. The summed E-state index contributed by atoms with van der Waals surface area (Å²) in [7, 11) is 0. The van der Waals surface area contributed by atoms with Crippen molar-refractivity contribution in [1.82, 2.24) is 9.97 Å². The van der Waals surface area contributed by atoms with Crippen LogP contribution in [0.4, 0.5) is 17.6 Å². The van der Waals surface area contributed by atoms with Crippen LogP contribution in [0.25, 0.3) is 10.9 Å². The van der Waals surface area contributed by atoms with Gasteiger partial charge < -0.3 is 10.7 Å². The third kappa shape index (κ3) is 5.22.